The van der Waals surface area contributed by atoms with Crippen LogP contribution in [-0.4, -0.2) is 30.0 Å². The van der Waals surface area contributed by atoms with Crippen molar-refractivity contribution in [2.75, 3.05) is 18.4 Å². The van der Waals surface area contributed by atoms with Gasteiger partial charge in [0, 0.05) is 37.3 Å². The molecule has 1 unspecified atom stereocenters. The number of aliphatic imine (C=N–C) groups is 1. The van der Waals surface area contributed by atoms with Crippen LogP contribution < -0.4 is 16.4 Å². The lowest BCUT2D eigenvalue weighted by molar-refractivity contribution is 0.614. The van der Waals surface area contributed by atoms with Crippen molar-refractivity contribution in [2.45, 2.75) is 46.1 Å². The number of allylic oxidation sites excluding steroid dienone is 1. The molecule has 2 aromatic rings. The smallest absolute Gasteiger partial charge is 0.128 e. The van der Waals surface area contributed by atoms with Gasteiger partial charge in [-0.1, -0.05) is 25.1 Å². The van der Waals surface area contributed by atoms with Crippen molar-refractivity contribution in [2.24, 2.45) is 10.7 Å². The topological polar surface area (TPSA) is 75.3 Å². The van der Waals surface area contributed by atoms with Gasteiger partial charge in [-0.25, -0.2) is 9.38 Å². The van der Waals surface area contributed by atoms with Crippen LogP contribution in [0.2, 0.25) is 0 Å². The summed E-state index contributed by atoms with van der Waals surface area (Å²) in [4.78, 5) is 8.81. The molecule has 1 heterocycles. The molecule has 1 atom stereocenters. The van der Waals surface area contributed by atoms with Crippen LogP contribution in [0.3, 0.4) is 0 Å². The Kier molecular flexibility index (Phi) is 7.95. The van der Waals surface area contributed by atoms with Gasteiger partial charge in [-0.15, -0.1) is 0 Å². The molecule has 164 valence electrons. The van der Waals surface area contributed by atoms with Gasteiger partial charge in [-0.05, 0) is 67.8 Å². The summed E-state index contributed by atoms with van der Waals surface area (Å²) < 4.78 is 14.8. The maximum Gasteiger partial charge on any atom is 0.128 e. The highest BCUT2D eigenvalue weighted by Crippen LogP contribution is 2.25. The van der Waals surface area contributed by atoms with E-state index in [1.165, 1.54) is 0 Å². The molecular weight excluding hydrogens is 389 g/mol. The summed E-state index contributed by atoms with van der Waals surface area (Å²) in [6.45, 7) is 7.47. The summed E-state index contributed by atoms with van der Waals surface area (Å²) in [7, 11) is 0. The van der Waals surface area contributed by atoms with E-state index in [0.29, 0.717) is 24.4 Å². The number of rotatable bonds is 10. The molecule has 5 nitrogen and oxygen atoms in total. The Hall–Kier alpha value is -2.99. The summed E-state index contributed by atoms with van der Waals surface area (Å²) in [6.07, 6.45) is 10.5. The van der Waals surface area contributed by atoms with Crippen LogP contribution in [0.25, 0.3) is 6.08 Å². The first-order valence-corrected chi connectivity index (χ1v) is 10.9. The molecule has 0 saturated carbocycles. The van der Waals surface area contributed by atoms with Crippen molar-refractivity contribution in [3.05, 3.63) is 76.5 Å². The molecule has 3 rings (SSSR count). The van der Waals surface area contributed by atoms with E-state index in [4.69, 9.17) is 5.73 Å². The van der Waals surface area contributed by atoms with Gasteiger partial charge < -0.3 is 16.4 Å². The number of amidine groups is 1. The quantitative estimate of drug-likeness (QED) is 0.301. The van der Waals surface area contributed by atoms with Crippen molar-refractivity contribution >= 4 is 17.6 Å². The monoisotopic (exact) mass is 421 g/mol. The van der Waals surface area contributed by atoms with Gasteiger partial charge in [0.15, 0.2) is 0 Å². The molecule has 31 heavy (non-hydrogen) atoms. The number of anilines is 1. The normalized spacial score (nSPS) is 14.6. The fourth-order valence-corrected chi connectivity index (χ4v) is 3.70. The van der Waals surface area contributed by atoms with Crippen molar-refractivity contribution in [3.63, 3.8) is 0 Å². The SMILES string of the molecule is CCCNC/C(=C/C(C)Nc1ccc(Cc2ccnc3c2C=CC3)c(F)c1)N=C(C)N. The zero-order valence-electron chi connectivity index (χ0n) is 18.6. The Morgan fingerprint density at radius 1 is 1.32 bits per heavy atom. The maximum atomic E-state index is 14.8. The molecule has 1 aliphatic rings. The largest absolute Gasteiger partial charge is 0.387 e. The molecule has 0 bridgehead atoms. The van der Waals surface area contributed by atoms with Gasteiger partial charge in [0.25, 0.3) is 0 Å². The Labute approximate surface area is 184 Å². The van der Waals surface area contributed by atoms with E-state index in [0.717, 1.165) is 47.6 Å². The van der Waals surface area contributed by atoms with Gasteiger partial charge in [-0.3, -0.25) is 4.98 Å². The second-order valence-electron chi connectivity index (χ2n) is 7.94. The summed E-state index contributed by atoms with van der Waals surface area (Å²) >= 11 is 0. The summed E-state index contributed by atoms with van der Waals surface area (Å²) in [5.41, 5.74) is 11.3. The van der Waals surface area contributed by atoms with Crippen LogP contribution in [-0.2, 0) is 12.8 Å². The lowest BCUT2D eigenvalue weighted by Gasteiger charge is -2.15. The molecule has 1 aliphatic carbocycles. The van der Waals surface area contributed by atoms with Crippen molar-refractivity contribution < 1.29 is 4.39 Å². The minimum atomic E-state index is -0.214. The minimum absolute atomic E-state index is 0.0274. The van der Waals surface area contributed by atoms with Crippen molar-refractivity contribution in [1.29, 1.82) is 0 Å². The number of nitrogens with two attached hydrogens (primary N) is 1. The van der Waals surface area contributed by atoms with Crippen LogP contribution in [0.15, 0.2) is 53.3 Å². The Morgan fingerprint density at radius 3 is 2.90 bits per heavy atom. The summed E-state index contributed by atoms with van der Waals surface area (Å²) in [5, 5.41) is 6.67. The van der Waals surface area contributed by atoms with Crippen molar-refractivity contribution in [1.82, 2.24) is 10.3 Å². The van der Waals surface area contributed by atoms with E-state index < -0.39 is 0 Å². The van der Waals surface area contributed by atoms with Crippen LogP contribution in [0.1, 0.15) is 49.6 Å². The average Bonchev–Trinajstić information content (AvgIpc) is 3.19. The average molecular weight is 422 g/mol. The fraction of sp³-hybridized carbons (Fsp3) is 0.360. The van der Waals surface area contributed by atoms with E-state index in [1.54, 1.807) is 13.0 Å². The van der Waals surface area contributed by atoms with Gasteiger partial charge in [0.1, 0.15) is 5.82 Å². The molecular formula is C25H32FN5. The lowest BCUT2D eigenvalue weighted by Crippen LogP contribution is -2.21. The number of halogens is 1. The summed E-state index contributed by atoms with van der Waals surface area (Å²) in [5.74, 6) is 0.305. The van der Waals surface area contributed by atoms with Crippen LogP contribution in [0.5, 0.6) is 0 Å². The molecule has 1 aromatic carbocycles. The highest BCUT2D eigenvalue weighted by molar-refractivity contribution is 5.78. The van der Waals surface area contributed by atoms with Crippen LogP contribution in [0.4, 0.5) is 10.1 Å². The van der Waals surface area contributed by atoms with Crippen LogP contribution >= 0.6 is 0 Å². The van der Waals surface area contributed by atoms with Gasteiger partial charge in [-0.2, -0.15) is 0 Å². The zero-order chi connectivity index (χ0) is 22.2. The highest BCUT2D eigenvalue weighted by Gasteiger charge is 2.13. The van der Waals surface area contributed by atoms with Crippen molar-refractivity contribution in [3.8, 4) is 0 Å². The molecule has 0 aliphatic heterocycles. The van der Waals surface area contributed by atoms with E-state index in [1.807, 2.05) is 37.4 Å². The second-order valence-corrected chi connectivity index (χ2v) is 7.94. The van der Waals surface area contributed by atoms with E-state index in [9.17, 15) is 4.39 Å². The number of aromatic nitrogens is 1. The first-order valence-electron chi connectivity index (χ1n) is 10.9. The van der Waals surface area contributed by atoms with E-state index in [-0.39, 0.29) is 11.9 Å². The van der Waals surface area contributed by atoms with Gasteiger partial charge in [0.2, 0.25) is 0 Å². The molecule has 0 saturated heterocycles. The molecule has 0 amide bonds. The number of fused-ring (bicyclic) bond motifs is 1. The van der Waals surface area contributed by atoms with Gasteiger partial charge in [0.05, 0.1) is 17.2 Å². The number of pyridine rings is 1. The third-order valence-electron chi connectivity index (χ3n) is 5.08. The molecule has 4 N–H and O–H groups in total. The third-order valence-corrected chi connectivity index (χ3v) is 5.08. The lowest BCUT2D eigenvalue weighted by atomic mass is 10.00. The predicted molar refractivity (Wildman–Crippen MR) is 128 cm³/mol. The number of hydrogen-bond acceptors (Lipinski definition) is 4. The predicted octanol–water partition coefficient (Wildman–Crippen LogP) is 4.44. The fourth-order valence-electron chi connectivity index (χ4n) is 3.70. The first-order chi connectivity index (χ1) is 15.0. The second kappa shape index (κ2) is 10.9. The first kappa shape index (κ1) is 22.7. The number of nitrogens with one attached hydrogen (secondary N) is 2. The molecule has 0 radical (unpaired) electrons. The van der Waals surface area contributed by atoms with E-state index in [2.05, 4.69) is 39.7 Å². The third kappa shape index (κ3) is 6.49. The molecule has 0 spiro atoms. The number of nitrogens with zero attached hydrogens (tertiary/aromatic N) is 2. The summed E-state index contributed by atoms with van der Waals surface area (Å²) in [6, 6.07) is 7.28. The molecule has 0 fully saturated rings. The van der Waals surface area contributed by atoms with Gasteiger partial charge >= 0.3 is 0 Å². The van der Waals surface area contributed by atoms with E-state index >= 15 is 0 Å². The minimum Gasteiger partial charge on any atom is -0.387 e. The number of benzene rings is 1. The Balaban J connectivity index is 1.68. The standard InChI is InChI=1S/C25H32FN5/c1-4-11-28-16-22(31-18(3)27)13-17(2)30-21-9-8-20(24(26)15-21)14-19-10-12-29-25-7-5-6-23(19)25/h5-6,8-10,12-13,15,17,28,30H,4,7,11,14,16H2,1-3H3,(H2,27,31)/b22-13-. The number of hydrogen-bond donors (Lipinski definition) is 3. The maximum absolute atomic E-state index is 14.8. The Morgan fingerprint density at radius 2 is 2.16 bits per heavy atom. The highest BCUT2D eigenvalue weighted by atomic mass is 19.1. The zero-order valence-corrected chi connectivity index (χ0v) is 18.6. The van der Waals surface area contributed by atoms with Crippen LogP contribution in [0, 0.1) is 5.82 Å². The molecule has 6 heteroatoms. The molecule has 1 aromatic heterocycles. The Bertz CT molecular complexity index is 989.